The summed E-state index contributed by atoms with van der Waals surface area (Å²) >= 11 is 5.33. The third-order valence-corrected chi connectivity index (χ3v) is 0.562. The van der Waals surface area contributed by atoms with Crippen molar-refractivity contribution in [1.82, 2.24) is 0 Å². The SMILES string of the molecule is CC(Cl)COC(=O)O. The van der Waals surface area contributed by atoms with Crippen LogP contribution in [0, 0.1) is 0 Å². The van der Waals surface area contributed by atoms with Gasteiger partial charge in [0, 0.05) is 0 Å². The number of halogens is 1. The first kappa shape index (κ1) is 7.56. The van der Waals surface area contributed by atoms with Crippen molar-refractivity contribution in [1.29, 1.82) is 0 Å². The molecule has 48 valence electrons. The van der Waals surface area contributed by atoms with E-state index in [0.717, 1.165) is 0 Å². The fraction of sp³-hybridized carbons (Fsp3) is 0.750. The lowest BCUT2D eigenvalue weighted by Gasteiger charge is -1.98. The highest BCUT2D eigenvalue weighted by molar-refractivity contribution is 6.20. The van der Waals surface area contributed by atoms with Gasteiger partial charge >= 0.3 is 6.16 Å². The molecule has 3 nitrogen and oxygen atoms in total. The number of alkyl halides is 1. The normalized spacial score (nSPS) is 12.8. The summed E-state index contributed by atoms with van der Waals surface area (Å²) < 4.78 is 4.09. The molecular weight excluding hydrogens is 131 g/mol. The third-order valence-electron chi connectivity index (χ3n) is 0.436. The number of ether oxygens (including phenoxy) is 1. The van der Waals surface area contributed by atoms with Crippen molar-refractivity contribution in [3.63, 3.8) is 0 Å². The van der Waals surface area contributed by atoms with Gasteiger partial charge in [-0.05, 0) is 6.92 Å². The average molecular weight is 139 g/mol. The maximum Gasteiger partial charge on any atom is 0.505 e. The van der Waals surface area contributed by atoms with Crippen LogP contribution in [0.3, 0.4) is 0 Å². The lowest BCUT2D eigenvalue weighted by Crippen LogP contribution is -2.08. The summed E-state index contributed by atoms with van der Waals surface area (Å²) in [5.41, 5.74) is 0. The largest absolute Gasteiger partial charge is 0.505 e. The van der Waals surface area contributed by atoms with Crippen molar-refractivity contribution in [3.05, 3.63) is 0 Å². The van der Waals surface area contributed by atoms with Gasteiger partial charge in [-0.15, -0.1) is 11.6 Å². The first-order chi connectivity index (χ1) is 3.63. The van der Waals surface area contributed by atoms with Crippen LogP contribution in [0.2, 0.25) is 0 Å². The number of hydrogen-bond acceptors (Lipinski definition) is 2. The van der Waals surface area contributed by atoms with Gasteiger partial charge in [-0.3, -0.25) is 0 Å². The fourth-order valence-electron chi connectivity index (χ4n) is 0.186. The van der Waals surface area contributed by atoms with Crippen molar-refractivity contribution >= 4 is 17.8 Å². The smallest absolute Gasteiger partial charge is 0.450 e. The molecule has 0 bridgehead atoms. The maximum absolute atomic E-state index is 9.62. The lowest BCUT2D eigenvalue weighted by molar-refractivity contribution is 0.0925. The molecule has 1 unspecified atom stereocenters. The van der Waals surface area contributed by atoms with E-state index in [9.17, 15) is 4.79 Å². The number of carboxylic acid groups (broad SMARTS) is 1. The van der Waals surface area contributed by atoms with Gasteiger partial charge in [0.25, 0.3) is 0 Å². The van der Waals surface area contributed by atoms with Gasteiger partial charge in [-0.1, -0.05) is 0 Å². The van der Waals surface area contributed by atoms with Crippen LogP contribution in [-0.2, 0) is 4.74 Å². The minimum atomic E-state index is -1.28. The molecule has 4 heteroatoms. The summed E-state index contributed by atoms with van der Waals surface area (Å²) in [5.74, 6) is 0. The van der Waals surface area contributed by atoms with E-state index in [1.165, 1.54) is 0 Å². The van der Waals surface area contributed by atoms with E-state index < -0.39 is 6.16 Å². The topological polar surface area (TPSA) is 46.5 Å². The van der Waals surface area contributed by atoms with Crippen molar-refractivity contribution < 1.29 is 14.6 Å². The van der Waals surface area contributed by atoms with Crippen molar-refractivity contribution in [2.45, 2.75) is 12.3 Å². The molecule has 0 saturated carbocycles. The molecular formula is C4H7ClO3. The summed E-state index contributed by atoms with van der Waals surface area (Å²) in [5, 5.41) is 7.64. The Morgan fingerprint density at radius 2 is 2.50 bits per heavy atom. The van der Waals surface area contributed by atoms with Crippen LogP contribution in [0.15, 0.2) is 0 Å². The Kier molecular flexibility index (Phi) is 3.35. The molecule has 0 aromatic rings. The van der Waals surface area contributed by atoms with Crippen LogP contribution in [-0.4, -0.2) is 23.2 Å². The Hall–Kier alpha value is -0.440. The summed E-state index contributed by atoms with van der Waals surface area (Å²) in [6.07, 6.45) is -1.28. The quantitative estimate of drug-likeness (QED) is 0.462. The second-order valence-electron chi connectivity index (χ2n) is 1.36. The molecule has 0 saturated heterocycles. The zero-order valence-corrected chi connectivity index (χ0v) is 5.18. The molecule has 0 aliphatic rings. The van der Waals surface area contributed by atoms with Gasteiger partial charge in [0.1, 0.15) is 6.61 Å². The van der Waals surface area contributed by atoms with Crippen LogP contribution in [0.4, 0.5) is 4.79 Å². The van der Waals surface area contributed by atoms with Crippen molar-refractivity contribution in [2.24, 2.45) is 0 Å². The molecule has 0 aliphatic heterocycles. The lowest BCUT2D eigenvalue weighted by atomic mass is 10.5. The van der Waals surface area contributed by atoms with E-state index in [4.69, 9.17) is 16.7 Å². The van der Waals surface area contributed by atoms with Crippen molar-refractivity contribution in [3.8, 4) is 0 Å². The first-order valence-corrected chi connectivity index (χ1v) is 2.56. The minimum absolute atomic E-state index is 0.0525. The third kappa shape index (κ3) is 5.56. The van der Waals surface area contributed by atoms with Crippen LogP contribution in [0.1, 0.15) is 6.92 Å². The molecule has 0 fully saturated rings. The van der Waals surface area contributed by atoms with Gasteiger partial charge in [-0.2, -0.15) is 0 Å². The van der Waals surface area contributed by atoms with Gasteiger partial charge < -0.3 is 9.84 Å². The molecule has 0 amide bonds. The molecule has 0 heterocycles. The molecule has 0 aromatic carbocycles. The Bertz CT molecular complexity index is 81.4. The van der Waals surface area contributed by atoms with Gasteiger partial charge in [-0.25, -0.2) is 4.79 Å². The fourth-order valence-corrected chi connectivity index (χ4v) is 0.249. The summed E-state index contributed by atoms with van der Waals surface area (Å²) in [6.45, 7) is 1.71. The van der Waals surface area contributed by atoms with Crippen LogP contribution < -0.4 is 0 Å². The Morgan fingerprint density at radius 3 is 2.62 bits per heavy atom. The van der Waals surface area contributed by atoms with Crippen LogP contribution in [0.5, 0.6) is 0 Å². The zero-order valence-electron chi connectivity index (χ0n) is 4.43. The minimum Gasteiger partial charge on any atom is -0.450 e. The predicted molar refractivity (Wildman–Crippen MR) is 29.3 cm³/mol. The Balaban J connectivity index is 3.05. The zero-order chi connectivity index (χ0) is 6.57. The van der Waals surface area contributed by atoms with Gasteiger partial charge in [0.2, 0.25) is 0 Å². The van der Waals surface area contributed by atoms with Gasteiger partial charge in [0.05, 0.1) is 5.38 Å². The first-order valence-electron chi connectivity index (χ1n) is 2.12. The maximum atomic E-state index is 9.62. The highest BCUT2D eigenvalue weighted by Crippen LogP contribution is 1.92. The number of hydrogen-bond donors (Lipinski definition) is 1. The standard InChI is InChI=1S/C4H7ClO3/c1-3(5)2-8-4(6)7/h3H,2H2,1H3,(H,6,7). The van der Waals surface area contributed by atoms with Crippen molar-refractivity contribution in [2.75, 3.05) is 6.61 Å². The highest BCUT2D eigenvalue weighted by Gasteiger charge is 1.99. The summed E-state index contributed by atoms with van der Waals surface area (Å²) in [7, 11) is 0. The second kappa shape index (κ2) is 3.55. The number of carbonyl (C=O) groups is 1. The molecule has 0 rings (SSSR count). The van der Waals surface area contributed by atoms with Crippen LogP contribution in [0.25, 0.3) is 0 Å². The molecule has 0 aromatic heterocycles. The van der Waals surface area contributed by atoms with Crippen LogP contribution >= 0.6 is 11.6 Å². The van der Waals surface area contributed by atoms with E-state index in [2.05, 4.69) is 4.74 Å². The molecule has 0 aliphatic carbocycles. The summed E-state index contributed by atoms with van der Waals surface area (Å²) in [6, 6.07) is 0. The monoisotopic (exact) mass is 138 g/mol. The molecule has 0 radical (unpaired) electrons. The van der Waals surface area contributed by atoms with E-state index in [1.54, 1.807) is 6.92 Å². The number of rotatable bonds is 2. The molecule has 8 heavy (non-hydrogen) atoms. The van der Waals surface area contributed by atoms with E-state index in [-0.39, 0.29) is 12.0 Å². The Morgan fingerprint density at radius 1 is 2.00 bits per heavy atom. The summed E-state index contributed by atoms with van der Waals surface area (Å²) in [4.78, 5) is 9.62. The highest BCUT2D eigenvalue weighted by atomic mass is 35.5. The van der Waals surface area contributed by atoms with E-state index in [0.29, 0.717) is 0 Å². The van der Waals surface area contributed by atoms with E-state index in [1.807, 2.05) is 0 Å². The van der Waals surface area contributed by atoms with E-state index >= 15 is 0 Å². The second-order valence-corrected chi connectivity index (χ2v) is 2.10. The Labute approximate surface area is 52.2 Å². The molecule has 0 spiro atoms. The predicted octanol–water partition coefficient (Wildman–Crippen LogP) is 1.31. The molecule has 1 atom stereocenters. The van der Waals surface area contributed by atoms with Gasteiger partial charge in [0.15, 0.2) is 0 Å². The molecule has 1 N–H and O–H groups in total. The average Bonchev–Trinajstić information content (AvgIpc) is 1.61.